The fourth-order valence-electron chi connectivity index (χ4n) is 5.67. The number of rotatable bonds is 4. The molecule has 45 heavy (non-hydrogen) atoms. The van der Waals surface area contributed by atoms with Crippen molar-refractivity contribution in [3.05, 3.63) is 118 Å². The Labute approximate surface area is 248 Å². The predicted molar refractivity (Wildman–Crippen MR) is 144 cm³/mol. The van der Waals surface area contributed by atoms with Gasteiger partial charge in [0.1, 0.15) is 11.5 Å². The third-order valence-corrected chi connectivity index (χ3v) is 7.73. The van der Waals surface area contributed by atoms with Gasteiger partial charge in [0.05, 0.1) is 33.6 Å². The van der Waals surface area contributed by atoms with Crippen LogP contribution in [-0.4, -0.2) is 46.2 Å². The molecular formula is C31H16F6N2O6. The van der Waals surface area contributed by atoms with E-state index in [0.29, 0.717) is 46.2 Å². The third kappa shape index (κ3) is 4.01. The lowest BCUT2D eigenvalue weighted by Crippen LogP contribution is -2.55. The number of benzene rings is 4. The molecule has 4 aromatic rings. The Morgan fingerprint density at radius 2 is 0.800 bits per heavy atom. The molecule has 2 N–H and O–H groups in total. The van der Waals surface area contributed by atoms with Gasteiger partial charge in [-0.25, -0.2) is 9.80 Å². The molecule has 4 aromatic carbocycles. The fraction of sp³-hybridized carbons (Fsp3) is 0.0968. The molecule has 2 heterocycles. The van der Waals surface area contributed by atoms with Crippen LogP contribution in [0.2, 0.25) is 0 Å². The van der Waals surface area contributed by atoms with Gasteiger partial charge in [-0.05, 0) is 59.7 Å². The molecule has 0 unspecified atom stereocenters. The van der Waals surface area contributed by atoms with Crippen LogP contribution in [-0.2, 0) is 5.41 Å². The van der Waals surface area contributed by atoms with Crippen LogP contribution in [0.25, 0.3) is 0 Å². The molecule has 0 bridgehead atoms. The summed E-state index contributed by atoms with van der Waals surface area (Å²) in [5.74, 6) is -5.80. The van der Waals surface area contributed by atoms with E-state index < -0.39 is 86.3 Å². The van der Waals surface area contributed by atoms with Crippen LogP contribution in [0.3, 0.4) is 0 Å². The topological polar surface area (TPSA) is 115 Å². The van der Waals surface area contributed by atoms with Crippen LogP contribution >= 0.6 is 0 Å². The summed E-state index contributed by atoms with van der Waals surface area (Å²) in [7, 11) is 0. The molecule has 8 nitrogen and oxygen atoms in total. The molecule has 4 amide bonds. The molecule has 228 valence electrons. The van der Waals surface area contributed by atoms with Gasteiger partial charge < -0.3 is 10.2 Å². The second-order valence-electron chi connectivity index (χ2n) is 10.1. The van der Waals surface area contributed by atoms with Gasteiger partial charge in [0.15, 0.2) is 0 Å². The number of para-hydroxylation sites is 4. The number of hydrogen-bond acceptors (Lipinski definition) is 6. The van der Waals surface area contributed by atoms with Crippen LogP contribution in [0.5, 0.6) is 11.5 Å². The quantitative estimate of drug-likeness (QED) is 0.209. The van der Waals surface area contributed by atoms with Crippen molar-refractivity contribution in [3.8, 4) is 11.5 Å². The van der Waals surface area contributed by atoms with Crippen LogP contribution in [0.1, 0.15) is 52.6 Å². The monoisotopic (exact) mass is 626 g/mol. The summed E-state index contributed by atoms with van der Waals surface area (Å²) >= 11 is 0. The van der Waals surface area contributed by atoms with E-state index >= 15 is 0 Å². The molecule has 2 aliphatic heterocycles. The maximum absolute atomic E-state index is 15.0. The standard InChI is InChI=1S/C31H16F6N2O6/c32-30(33,34)29(31(35,36)37,15-9-11-17-19(13-15)27(44)38(25(17)42)21-5-1-3-7-23(21)40)16-10-12-18-20(14-16)28(45)39(26(18)43)22-6-2-4-8-24(22)41/h1-14,40-41H. The summed E-state index contributed by atoms with van der Waals surface area (Å²) in [6.07, 6.45) is -12.3. The Morgan fingerprint density at radius 3 is 1.13 bits per heavy atom. The van der Waals surface area contributed by atoms with E-state index in [1.807, 2.05) is 0 Å². The molecule has 0 saturated carbocycles. The molecule has 0 aromatic heterocycles. The van der Waals surface area contributed by atoms with E-state index in [-0.39, 0.29) is 11.4 Å². The first-order valence-corrected chi connectivity index (χ1v) is 12.9. The first-order valence-electron chi connectivity index (χ1n) is 12.9. The molecule has 0 saturated heterocycles. The minimum absolute atomic E-state index is 0.311. The van der Waals surface area contributed by atoms with E-state index in [9.17, 15) is 55.7 Å². The van der Waals surface area contributed by atoms with Crippen molar-refractivity contribution < 1.29 is 55.7 Å². The second-order valence-corrected chi connectivity index (χ2v) is 10.1. The maximum Gasteiger partial charge on any atom is 0.411 e. The second kappa shape index (κ2) is 9.67. The van der Waals surface area contributed by atoms with Gasteiger partial charge >= 0.3 is 12.4 Å². The normalized spacial score (nSPS) is 15.2. The first kappa shape index (κ1) is 29.4. The van der Waals surface area contributed by atoms with Crippen molar-refractivity contribution >= 4 is 35.0 Å². The number of amides is 4. The number of phenols is 2. The first-order chi connectivity index (χ1) is 21.1. The predicted octanol–water partition coefficient (Wildman–Crippen LogP) is 6.11. The summed E-state index contributed by atoms with van der Waals surface area (Å²) in [4.78, 5) is 53.3. The number of imide groups is 2. The van der Waals surface area contributed by atoms with Gasteiger partial charge in [-0.2, -0.15) is 26.3 Å². The average molecular weight is 626 g/mol. The zero-order valence-corrected chi connectivity index (χ0v) is 22.3. The number of carbonyl (C=O) groups is 4. The summed E-state index contributed by atoms with van der Waals surface area (Å²) in [6.45, 7) is 0. The Kier molecular flexibility index (Phi) is 6.32. The van der Waals surface area contributed by atoms with Crippen molar-refractivity contribution in [3.63, 3.8) is 0 Å². The Morgan fingerprint density at radius 1 is 0.467 bits per heavy atom. The largest absolute Gasteiger partial charge is 0.506 e. The van der Waals surface area contributed by atoms with Crippen LogP contribution in [0.15, 0.2) is 84.9 Å². The van der Waals surface area contributed by atoms with Crippen LogP contribution in [0.4, 0.5) is 37.7 Å². The lowest BCUT2D eigenvalue weighted by Gasteiger charge is -2.38. The highest BCUT2D eigenvalue weighted by atomic mass is 19.4. The zero-order valence-electron chi connectivity index (χ0n) is 22.3. The summed E-state index contributed by atoms with van der Waals surface area (Å²) in [6, 6.07) is 12.8. The van der Waals surface area contributed by atoms with Gasteiger partial charge in [0, 0.05) is 0 Å². The summed E-state index contributed by atoms with van der Waals surface area (Å²) in [5.41, 5.74) is -11.1. The molecule has 2 aliphatic rings. The highest BCUT2D eigenvalue weighted by Gasteiger charge is 2.73. The van der Waals surface area contributed by atoms with E-state index in [2.05, 4.69) is 0 Å². The number of alkyl halides is 6. The number of anilines is 2. The average Bonchev–Trinajstić information content (AvgIpc) is 3.36. The molecule has 0 spiro atoms. The van der Waals surface area contributed by atoms with Gasteiger partial charge in [-0.1, -0.05) is 36.4 Å². The molecule has 14 heteroatoms. The van der Waals surface area contributed by atoms with Crippen molar-refractivity contribution in [2.75, 3.05) is 9.80 Å². The summed E-state index contributed by atoms with van der Waals surface area (Å²) < 4.78 is 89.8. The van der Waals surface area contributed by atoms with Gasteiger partial charge in [0.2, 0.25) is 5.41 Å². The van der Waals surface area contributed by atoms with E-state index in [1.165, 1.54) is 24.3 Å². The third-order valence-electron chi connectivity index (χ3n) is 7.73. The molecule has 0 atom stereocenters. The molecule has 0 radical (unpaired) electrons. The SMILES string of the molecule is O=C1c2ccc(C(c3ccc4c(c3)C(=O)N(c3ccccc3O)C4=O)(C(F)(F)F)C(F)(F)F)cc2C(=O)N1c1ccccc1O. The number of nitrogens with zero attached hydrogens (tertiary/aromatic N) is 2. The molecule has 0 aliphatic carbocycles. The number of fused-ring (bicyclic) bond motifs is 2. The van der Waals surface area contributed by atoms with E-state index in [1.54, 1.807) is 0 Å². The minimum Gasteiger partial charge on any atom is -0.506 e. The summed E-state index contributed by atoms with van der Waals surface area (Å²) in [5, 5.41) is 20.3. The Bertz CT molecular complexity index is 1830. The Hall–Kier alpha value is -5.66. The number of halogens is 6. The van der Waals surface area contributed by atoms with Crippen LogP contribution < -0.4 is 9.80 Å². The van der Waals surface area contributed by atoms with Crippen molar-refractivity contribution in [1.29, 1.82) is 0 Å². The Balaban J connectivity index is 1.54. The highest BCUT2D eigenvalue weighted by Crippen LogP contribution is 2.57. The number of aromatic hydroxyl groups is 2. The van der Waals surface area contributed by atoms with Crippen molar-refractivity contribution in [2.24, 2.45) is 0 Å². The lowest BCUT2D eigenvalue weighted by atomic mass is 9.71. The molecular weight excluding hydrogens is 610 g/mol. The van der Waals surface area contributed by atoms with Gasteiger partial charge in [-0.15, -0.1) is 0 Å². The van der Waals surface area contributed by atoms with E-state index in [4.69, 9.17) is 0 Å². The highest BCUT2D eigenvalue weighted by molar-refractivity contribution is 6.35. The number of carbonyl (C=O) groups excluding carboxylic acids is 4. The minimum atomic E-state index is -6.14. The van der Waals surface area contributed by atoms with Crippen LogP contribution in [0, 0.1) is 0 Å². The molecule has 6 rings (SSSR count). The number of hydrogen-bond donors (Lipinski definition) is 2. The van der Waals surface area contributed by atoms with Crippen molar-refractivity contribution in [1.82, 2.24) is 0 Å². The van der Waals surface area contributed by atoms with E-state index in [0.717, 1.165) is 24.3 Å². The van der Waals surface area contributed by atoms with Crippen molar-refractivity contribution in [2.45, 2.75) is 17.8 Å². The fourth-order valence-corrected chi connectivity index (χ4v) is 5.67. The zero-order chi connectivity index (χ0) is 32.6. The van der Waals surface area contributed by atoms with Gasteiger partial charge in [-0.3, -0.25) is 19.2 Å². The maximum atomic E-state index is 15.0. The number of phenolic OH excluding ortho intramolecular Hbond substituents is 2. The lowest BCUT2D eigenvalue weighted by molar-refractivity contribution is -0.288. The smallest absolute Gasteiger partial charge is 0.411 e. The molecule has 0 fully saturated rings. The van der Waals surface area contributed by atoms with Gasteiger partial charge in [0.25, 0.3) is 23.6 Å².